The predicted octanol–water partition coefficient (Wildman–Crippen LogP) is 1.33. The summed E-state index contributed by atoms with van der Waals surface area (Å²) in [6.45, 7) is 2.91. The largest absolute Gasteiger partial charge is 0.378 e. The van der Waals surface area contributed by atoms with Crippen molar-refractivity contribution in [2.45, 2.75) is 25.3 Å². The van der Waals surface area contributed by atoms with Crippen LogP contribution in [0.5, 0.6) is 0 Å². The molecule has 0 radical (unpaired) electrons. The standard InChI is InChI=1S/C14H16ClN5O2/c1-2-12-18-13(20-19-12)9-6-22-7-11(9)17-14(21)8-3-4-16-5-10(8)15/h3-5,9,11H,2,6-7H2,1H3,(H,17,21)(H,18,19,20)/t9-,11+/m1/s1. The maximum Gasteiger partial charge on any atom is 0.253 e. The van der Waals surface area contributed by atoms with E-state index in [0.717, 1.165) is 12.2 Å². The first-order valence-electron chi connectivity index (χ1n) is 7.08. The molecule has 2 aromatic heterocycles. The third kappa shape index (κ3) is 2.95. The lowest BCUT2D eigenvalue weighted by Gasteiger charge is -2.17. The van der Waals surface area contributed by atoms with Gasteiger partial charge in [-0.3, -0.25) is 14.9 Å². The van der Waals surface area contributed by atoms with Crippen molar-refractivity contribution in [3.63, 3.8) is 0 Å². The lowest BCUT2D eigenvalue weighted by atomic mass is 10.0. The summed E-state index contributed by atoms with van der Waals surface area (Å²) in [6.07, 6.45) is 3.76. The minimum absolute atomic E-state index is 0.0684. The Labute approximate surface area is 132 Å². The fourth-order valence-electron chi connectivity index (χ4n) is 2.39. The second-order valence-corrected chi connectivity index (χ2v) is 5.48. The van der Waals surface area contributed by atoms with Gasteiger partial charge in [-0.1, -0.05) is 18.5 Å². The summed E-state index contributed by atoms with van der Waals surface area (Å²) in [6, 6.07) is 1.40. The smallest absolute Gasteiger partial charge is 0.253 e. The van der Waals surface area contributed by atoms with Crippen molar-refractivity contribution < 1.29 is 9.53 Å². The Morgan fingerprint density at radius 2 is 2.41 bits per heavy atom. The van der Waals surface area contributed by atoms with E-state index in [9.17, 15) is 4.79 Å². The lowest BCUT2D eigenvalue weighted by molar-refractivity contribution is 0.0928. The van der Waals surface area contributed by atoms with Gasteiger partial charge in [0.15, 0.2) is 5.82 Å². The molecule has 1 aliphatic rings. The second-order valence-electron chi connectivity index (χ2n) is 5.07. The molecule has 0 aliphatic carbocycles. The first kappa shape index (κ1) is 14.9. The van der Waals surface area contributed by atoms with Crippen LogP contribution in [0.3, 0.4) is 0 Å². The SMILES string of the molecule is CCc1nc([C@@H]2COC[C@@H]2NC(=O)c2ccncc2Cl)n[nH]1. The van der Waals surface area contributed by atoms with Crippen molar-refractivity contribution in [3.05, 3.63) is 40.7 Å². The van der Waals surface area contributed by atoms with Gasteiger partial charge in [-0.25, -0.2) is 4.98 Å². The highest BCUT2D eigenvalue weighted by Gasteiger charge is 2.34. The molecule has 8 heteroatoms. The molecule has 116 valence electrons. The third-order valence-electron chi connectivity index (χ3n) is 3.63. The topological polar surface area (TPSA) is 92.8 Å². The molecule has 0 saturated carbocycles. The van der Waals surface area contributed by atoms with E-state index in [0.29, 0.717) is 29.6 Å². The molecule has 0 aromatic carbocycles. The number of pyridine rings is 1. The Bertz CT molecular complexity index is 675. The van der Waals surface area contributed by atoms with Crippen molar-refractivity contribution in [2.24, 2.45) is 0 Å². The number of nitrogens with zero attached hydrogens (tertiary/aromatic N) is 3. The summed E-state index contributed by atoms with van der Waals surface area (Å²) in [5.41, 5.74) is 0.395. The number of nitrogens with one attached hydrogen (secondary N) is 2. The van der Waals surface area contributed by atoms with Crippen LogP contribution >= 0.6 is 11.6 Å². The summed E-state index contributed by atoms with van der Waals surface area (Å²) >= 11 is 6.00. The number of amides is 1. The van der Waals surface area contributed by atoms with Crippen LogP contribution in [0.4, 0.5) is 0 Å². The Hall–Kier alpha value is -1.99. The number of rotatable bonds is 4. The highest BCUT2D eigenvalue weighted by Crippen LogP contribution is 2.24. The number of aromatic nitrogens is 4. The summed E-state index contributed by atoms with van der Waals surface area (Å²) in [5.74, 6) is 1.17. The van der Waals surface area contributed by atoms with E-state index in [-0.39, 0.29) is 17.9 Å². The van der Waals surface area contributed by atoms with Crippen LogP contribution in [0, 0.1) is 0 Å². The highest BCUT2D eigenvalue weighted by atomic mass is 35.5. The van der Waals surface area contributed by atoms with E-state index in [1.54, 1.807) is 6.07 Å². The molecule has 0 bridgehead atoms. The Kier molecular flexibility index (Phi) is 4.35. The molecule has 7 nitrogen and oxygen atoms in total. The molecule has 2 N–H and O–H groups in total. The summed E-state index contributed by atoms with van der Waals surface area (Å²) in [4.78, 5) is 20.6. The van der Waals surface area contributed by atoms with Gasteiger partial charge in [0.2, 0.25) is 0 Å². The van der Waals surface area contributed by atoms with E-state index in [1.807, 2.05) is 6.92 Å². The average molecular weight is 322 g/mol. The van der Waals surface area contributed by atoms with E-state index < -0.39 is 0 Å². The van der Waals surface area contributed by atoms with Gasteiger partial charge in [-0.05, 0) is 6.07 Å². The monoisotopic (exact) mass is 321 g/mol. The van der Waals surface area contributed by atoms with Crippen LogP contribution in [0.1, 0.15) is 34.8 Å². The Balaban J connectivity index is 1.74. The number of carbonyl (C=O) groups excluding carboxylic acids is 1. The minimum Gasteiger partial charge on any atom is -0.378 e. The molecule has 22 heavy (non-hydrogen) atoms. The number of aromatic amines is 1. The van der Waals surface area contributed by atoms with Gasteiger partial charge in [0.25, 0.3) is 5.91 Å². The number of aryl methyl sites for hydroxylation is 1. The molecule has 0 unspecified atom stereocenters. The molecular formula is C14H16ClN5O2. The van der Waals surface area contributed by atoms with Crippen LogP contribution in [-0.2, 0) is 11.2 Å². The first-order chi connectivity index (χ1) is 10.7. The second kappa shape index (κ2) is 6.41. The number of ether oxygens (including phenoxy) is 1. The van der Waals surface area contributed by atoms with Gasteiger partial charge in [-0.2, -0.15) is 5.10 Å². The molecule has 1 amide bonds. The summed E-state index contributed by atoms with van der Waals surface area (Å²) < 4.78 is 5.48. The van der Waals surface area contributed by atoms with Crippen LogP contribution in [0.25, 0.3) is 0 Å². The van der Waals surface area contributed by atoms with Crippen LogP contribution in [0.15, 0.2) is 18.5 Å². The molecule has 0 spiro atoms. The van der Waals surface area contributed by atoms with Gasteiger partial charge in [-0.15, -0.1) is 0 Å². The molecule has 2 atom stereocenters. The van der Waals surface area contributed by atoms with Gasteiger partial charge >= 0.3 is 0 Å². The summed E-state index contributed by atoms with van der Waals surface area (Å²) in [7, 11) is 0. The number of halogens is 1. The molecule has 3 heterocycles. The highest BCUT2D eigenvalue weighted by molar-refractivity contribution is 6.33. The zero-order chi connectivity index (χ0) is 15.5. The number of hydrogen-bond acceptors (Lipinski definition) is 5. The van der Waals surface area contributed by atoms with Crippen LogP contribution in [0.2, 0.25) is 5.02 Å². The van der Waals surface area contributed by atoms with E-state index in [4.69, 9.17) is 16.3 Å². The Morgan fingerprint density at radius 3 is 3.14 bits per heavy atom. The van der Waals surface area contributed by atoms with E-state index >= 15 is 0 Å². The van der Waals surface area contributed by atoms with Gasteiger partial charge < -0.3 is 10.1 Å². The van der Waals surface area contributed by atoms with Crippen molar-refractivity contribution in [1.82, 2.24) is 25.5 Å². The minimum atomic E-state index is -0.251. The normalized spacial score (nSPS) is 21.0. The van der Waals surface area contributed by atoms with Crippen LogP contribution < -0.4 is 5.32 Å². The zero-order valence-electron chi connectivity index (χ0n) is 12.0. The van der Waals surface area contributed by atoms with Crippen molar-refractivity contribution in [3.8, 4) is 0 Å². The average Bonchev–Trinajstić information content (AvgIpc) is 3.15. The fraction of sp³-hybridized carbons (Fsp3) is 0.429. The number of H-pyrrole nitrogens is 1. The molecule has 3 rings (SSSR count). The molecular weight excluding hydrogens is 306 g/mol. The van der Waals surface area contributed by atoms with Crippen molar-refractivity contribution >= 4 is 17.5 Å². The zero-order valence-corrected chi connectivity index (χ0v) is 12.8. The lowest BCUT2D eigenvalue weighted by Crippen LogP contribution is -2.39. The molecule has 1 aliphatic heterocycles. The first-order valence-corrected chi connectivity index (χ1v) is 7.46. The predicted molar refractivity (Wildman–Crippen MR) is 79.8 cm³/mol. The van der Waals surface area contributed by atoms with Crippen molar-refractivity contribution in [2.75, 3.05) is 13.2 Å². The van der Waals surface area contributed by atoms with Gasteiger partial charge in [0, 0.05) is 18.8 Å². The quantitative estimate of drug-likeness (QED) is 0.886. The maximum absolute atomic E-state index is 12.3. The fourth-order valence-corrected chi connectivity index (χ4v) is 2.60. The molecule has 2 aromatic rings. The molecule has 1 fully saturated rings. The number of carbonyl (C=O) groups is 1. The number of hydrogen-bond donors (Lipinski definition) is 2. The maximum atomic E-state index is 12.3. The van der Waals surface area contributed by atoms with Crippen molar-refractivity contribution in [1.29, 1.82) is 0 Å². The van der Waals surface area contributed by atoms with Gasteiger partial charge in [0.05, 0.1) is 35.8 Å². The van der Waals surface area contributed by atoms with Crippen LogP contribution in [-0.4, -0.2) is 45.3 Å². The third-order valence-corrected chi connectivity index (χ3v) is 3.93. The van der Waals surface area contributed by atoms with Gasteiger partial charge in [0.1, 0.15) is 5.82 Å². The Morgan fingerprint density at radius 1 is 1.55 bits per heavy atom. The molecule has 1 saturated heterocycles. The van der Waals surface area contributed by atoms with E-state index in [1.165, 1.54) is 12.4 Å². The summed E-state index contributed by atoms with van der Waals surface area (Å²) in [5, 5.41) is 10.4. The van der Waals surface area contributed by atoms with E-state index in [2.05, 4.69) is 25.5 Å².